The van der Waals surface area contributed by atoms with E-state index in [-0.39, 0.29) is 0 Å². The minimum Gasteiger partial charge on any atom is -0.337 e. The van der Waals surface area contributed by atoms with Gasteiger partial charge in [-0.1, -0.05) is 0 Å². The molecule has 104 valence electrons. The van der Waals surface area contributed by atoms with Crippen LogP contribution in [0.4, 0.5) is 0 Å². The molecule has 0 saturated carbocycles. The number of H-pyrrole nitrogens is 1. The number of thiophene rings is 1. The lowest BCUT2D eigenvalue weighted by Gasteiger charge is -2.03. The van der Waals surface area contributed by atoms with E-state index in [1.165, 1.54) is 0 Å². The quantitative estimate of drug-likeness (QED) is 0.467. The van der Waals surface area contributed by atoms with Gasteiger partial charge in [0.05, 0.1) is 22.1 Å². The molecule has 0 aliphatic rings. The maximum absolute atomic E-state index is 4.82. The molecule has 4 nitrogen and oxygen atoms in total. The third-order valence-electron chi connectivity index (χ3n) is 3.86. The van der Waals surface area contributed by atoms with E-state index in [4.69, 9.17) is 4.98 Å². The van der Waals surface area contributed by atoms with E-state index in [0.717, 1.165) is 44.2 Å². The van der Waals surface area contributed by atoms with Crippen molar-refractivity contribution in [3.05, 3.63) is 53.5 Å². The molecule has 0 spiro atoms. The van der Waals surface area contributed by atoms with Crippen LogP contribution < -0.4 is 0 Å². The number of nitrogens with zero attached hydrogens (tertiary/aromatic N) is 3. The van der Waals surface area contributed by atoms with Crippen LogP contribution in [0.1, 0.15) is 0 Å². The van der Waals surface area contributed by atoms with Crippen molar-refractivity contribution in [2.24, 2.45) is 0 Å². The molecular weight excluding hydrogens is 292 g/mol. The van der Waals surface area contributed by atoms with E-state index in [1.807, 2.05) is 12.1 Å². The first kappa shape index (κ1) is 11.8. The molecule has 0 unspecified atom stereocenters. The number of hydrogen-bond donors (Lipinski definition) is 1. The normalized spacial score (nSPS) is 11.6. The van der Waals surface area contributed by atoms with Crippen molar-refractivity contribution in [2.45, 2.75) is 0 Å². The maximum atomic E-state index is 4.82. The highest BCUT2D eigenvalue weighted by Crippen LogP contribution is 2.33. The summed E-state index contributed by atoms with van der Waals surface area (Å²) in [6.07, 6.45) is 3.60. The van der Waals surface area contributed by atoms with Gasteiger partial charge in [-0.05, 0) is 35.7 Å². The minimum atomic E-state index is 0.887. The van der Waals surface area contributed by atoms with Crippen LogP contribution in [0.5, 0.6) is 0 Å². The highest BCUT2D eigenvalue weighted by atomic mass is 32.1. The molecule has 1 N–H and O–H groups in total. The maximum Gasteiger partial charge on any atom is 0.139 e. The Kier molecular flexibility index (Phi) is 2.34. The number of aromatic nitrogens is 4. The standard InChI is InChI=1S/C17H10N4S/c1-3-11-13(18-6-1)14-12(4-2-7-19-14)16-15(11)20-17(21-16)10-5-8-22-9-10/h1-9H,(H,20,21). The summed E-state index contributed by atoms with van der Waals surface area (Å²) in [7, 11) is 0. The molecule has 0 aliphatic heterocycles. The first-order valence-electron chi connectivity index (χ1n) is 6.95. The molecule has 0 radical (unpaired) electrons. The predicted molar refractivity (Wildman–Crippen MR) is 90.0 cm³/mol. The largest absolute Gasteiger partial charge is 0.337 e. The second-order valence-electron chi connectivity index (χ2n) is 5.12. The van der Waals surface area contributed by atoms with Gasteiger partial charge in [-0.2, -0.15) is 11.3 Å². The lowest BCUT2D eigenvalue weighted by atomic mass is 10.1. The second kappa shape index (κ2) is 4.35. The minimum absolute atomic E-state index is 0.887. The monoisotopic (exact) mass is 302 g/mol. The van der Waals surface area contributed by atoms with Crippen molar-refractivity contribution < 1.29 is 0 Å². The summed E-state index contributed by atoms with van der Waals surface area (Å²) in [4.78, 5) is 17.3. The Bertz CT molecular complexity index is 1050. The van der Waals surface area contributed by atoms with Crippen molar-refractivity contribution in [2.75, 3.05) is 0 Å². The highest BCUT2D eigenvalue weighted by molar-refractivity contribution is 7.08. The number of imidazole rings is 1. The van der Waals surface area contributed by atoms with Gasteiger partial charge in [-0.15, -0.1) is 0 Å². The topological polar surface area (TPSA) is 54.5 Å². The molecule has 0 fully saturated rings. The van der Waals surface area contributed by atoms with Gasteiger partial charge in [0.15, 0.2) is 0 Å². The van der Waals surface area contributed by atoms with E-state index < -0.39 is 0 Å². The van der Waals surface area contributed by atoms with Crippen molar-refractivity contribution in [1.29, 1.82) is 0 Å². The van der Waals surface area contributed by atoms with Gasteiger partial charge in [-0.3, -0.25) is 9.97 Å². The SMILES string of the molecule is c1cnc2c(c1)c1nc(-c3ccsc3)[nH]c1c1cccnc12. The molecule has 4 heterocycles. The lowest BCUT2D eigenvalue weighted by Crippen LogP contribution is -1.86. The van der Waals surface area contributed by atoms with Crippen LogP contribution in [0, 0.1) is 0 Å². The zero-order valence-corrected chi connectivity index (χ0v) is 12.3. The third kappa shape index (κ3) is 1.54. The molecule has 22 heavy (non-hydrogen) atoms. The fourth-order valence-electron chi connectivity index (χ4n) is 2.88. The van der Waals surface area contributed by atoms with Gasteiger partial charge in [0.25, 0.3) is 0 Å². The van der Waals surface area contributed by atoms with E-state index in [2.05, 4.69) is 43.9 Å². The lowest BCUT2D eigenvalue weighted by molar-refractivity contribution is 1.35. The van der Waals surface area contributed by atoms with Gasteiger partial charge in [0.2, 0.25) is 0 Å². The summed E-state index contributed by atoms with van der Waals surface area (Å²) in [6, 6.07) is 10.1. The summed E-state index contributed by atoms with van der Waals surface area (Å²) in [5.41, 5.74) is 4.88. The molecular formula is C17H10N4S. The number of benzene rings is 1. The Morgan fingerprint density at radius 2 is 1.64 bits per heavy atom. The number of aromatic amines is 1. The summed E-state index contributed by atoms with van der Waals surface area (Å²) in [5.74, 6) is 0.887. The number of rotatable bonds is 1. The zero-order valence-electron chi connectivity index (χ0n) is 11.4. The van der Waals surface area contributed by atoms with Crippen LogP contribution in [-0.4, -0.2) is 19.9 Å². The van der Waals surface area contributed by atoms with E-state index in [1.54, 1.807) is 23.7 Å². The summed E-state index contributed by atoms with van der Waals surface area (Å²) < 4.78 is 0. The Morgan fingerprint density at radius 3 is 2.41 bits per heavy atom. The molecule has 0 aliphatic carbocycles. The zero-order chi connectivity index (χ0) is 14.5. The van der Waals surface area contributed by atoms with Crippen LogP contribution >= 0.6 is 11.3 Å². The van der Waals surface area contributed by atoms with Crippen LogP contribution in [-0.2, 0) is 0 Å². The summed E-state index contributed by atoms with van der Waals surface area (Å²) in [5, 5.41) is 6.24. The van der Waals surface area contributed by atoms with Crippen LogP contribution in [0.3, 0.4) is 0 Å². The molecule has 5 rings (SSSR count). The Balaban J connectivity index is 2.03. The fraction of sp³-hybridized carbons (Fsp3) is 0. The van der Waals surface area contributed by atoms with Crippen molar-refractivity contribution >= 4 is 44.2 Å². The Morgan fingerprint density at radius 1 is 0.864 bits per heavy atom. The number of nitrogens with one attached hydrogen (secondary N) is 1. The van der Waals surface area contributed by atoms with Crippen LogP contribution in [0.2, 0.25) is 0 Å². The van der Waals surface area contributed by atoms with Crippen molar-refractivity contribution in [3.63, 3.8) is 0 Å². The molecule has 0 amide bonds. The average Bonchev–Trinajstić information content (AvgIpc) is 3.24. The first-order valence-corrected chi connectivity index (χ1v) is 7.90. The third-order valence-corrected chi connectivity index (χ3v) is 4.55. The number of pyridine rings is 2. The van der Waals surface area contributed by atoms with Gasteiger partial charge in [0.1, 0.15) is 5.82 Å². The average molecular weight is 302 g/mol. The van der Waals surface area contributed by atoms with Gasteiger partial charge >= 0.3 is 0 Å². The van der Waals surface area contributed by atoms with Crippen LogP contribution in [0.25, 0.3) is 44.2 Å². The number of hydrogen-bond acceptors (Lipinski definition) is 4. The van der Waals surface area contributed by atoms with Crippen molar-refractivity contribution in [3.8, 4) is 11.4 Å². The predicted octanol–water partition coefficient (Wildman–Crippen LogP) is 4.39. The van der Waals surface area contributed by atoms with Crippen molar-refractivity contribution in [1.82, 2.24) is 19.9 Å². The molecule has 5 aromatic rings. The fourth-order valence-corrected chi connectivity index (χ4v) is 3.52. The molecule has 0 bridgehead atoms. The first-order chi connectivity index (χ1) is 10.9. The Labute approximate surface area is 129 Å². The highest BCUT2D eigenvalue weighted by Gasteiger charge is 2.14. The molecule has 0 atom stereocenters. The molecule has 4 aromatic heterocycles. The second-order valence-corrected chi connectivity index (χ2v) is 5.90. The molecule has 5 heteroatoms. The smallest absolute Gasteiger partial charge is 0.139 e. The number of fused-ring (bicyclic) bond motifs is 6. The molecule has 0 saturated heterocycles. The van der Waals surface area contributed by atoms with E-state index in [0.29, 0.717) is 0 Å². The van der Waals surface area contributed by atoms with Gasteiger partial charge in [-0.25, -0.2) is 4.98 Å². The van der Waals surface area contributed by atoms with E-state index in [9.17, 15) is 0 Å². The summed E-state index contributed by atoms with van der Waals surface area (Å²) >= 11 is 1.67. The van der Waals surface area contributed by atoms with Crippen LogP contribution in [0.15, 0.2) is 53.5 Å². The Hall–Kier alpha value is -2.79. The summed E-state index contributed by atoms with van der Waals surface area (Å²) in [6.45, 7) is 0. The van der Waals surface area contributed by atoms with E-state index >= 15 is 0 Å². The molecule has 1 aromatic carbocycles. The van der Waals surface area contributed by atoms with Gasteiger partial charge in [0, 0.05) is 34.1 Å². The van der Waals surface area contributed by atoms with Gasteiger partial charge < -0.3 is 4.98 Å².